The van der Waals surface area contributed by atoms with E-state index in [1.165, 1.54) is 0 Å². The molecule has 70 valence electrons. The molecule has 0 aliphatic heterocycles. The Morgan fingerprint density at radius 1 is 1.50 bits per heavy atom. The molecule has 0 spiro atoms. The van der Waals surface area contributed by atoms with Gasteiger partial charge in [0.05, 0.1) is 0 Å². The van der Waals surface area contributed by atoms with Crippen LogP contribution in [0.25, 0.3) is 0 Å². The van der Waals surface area contributed by atoms with Crippen molar-refractivity contribution in [1.29, 1.82) is 0 Å². The van der Waals surface area contributed by atoms with Crippen molar-refractivity contribution in [3.05, 3.63) is 12.3 Å². The first-order chi connectivity index (χ1) is 5.61. The summed E-state index contributed by atoms with van der Waals surface area (Å²) in [4.78, 5) is 11.3. The minimum absolute atomic E-state index is 0.0935. The fourth-order valence-corrected chi connectivity index (χ4v) is 0.847. The van der Waals surface area contributed by atoms with E-state index < -0.39 is 0 Å². The van der Waals surface area contributed by atoms with Crippen molar-refractivity contribution < 1.29 is 4.79 Å². The van der Waals surface area contributed by atoms with Gasteiger partial charge in [0.25, 0.3) is 0 Å². The third kappa shape index (κ3) is 4.16. The summed E-state index contributed by atoms with van der Waals surface area (Å²) < 4.78 is 0. The van der Waals surface area contributed by atoms with Gasteiger partial charge in [-0.05, 0) is 12.8 Å². The van der Waals surface area contributed by atoms with Gasteiger partial charge in [-0.2, -0.15) is 0 Å². The number of hydrogen-bond acceptors (Lipinski definition) is 1. The van der Waals surface area contributed by atoms with E-state index in [1.54, 1.807) is 0 Å². The highest BCUT2D eigenvalue weighted by molar-refractivity contribution is 5.79. The Bertz CT molecular complexity index is 163. The highest BCUT2D eigenvalue weighted by atomic mass is 16.1. The van der Waals surface area contributed by atoms with Crippen LogP contribution in [-0.4, -0.2) is 5.91 Å². The lowest BCUT2D eigenvalue weighted by Crippen LogP contribution is -2.27. The van der Waals surface area contributed by atoms with E-state index in [4.69, 9.17) is 0 Å². The normalized spacial score (nSPS) is 12.2. The SMILES string of the molecule is C=C(CCC)NC(=O)C(C)CC. The second-order valence-corrected chi connectivity index (χ2v) is 3.15. The standard InChI is InChI=1S/C10H19NO/c1-5-7-9(4)11-10(12)8(3)6-2/h8H,4-7H2,1-3H3,(H,11,12). The first-order valence-electron chi connectivity index (χ1n) is 4.60. The number of nitrogens with one attached hydrogen (secondary N) is 1. The molecule has 0 bridgehead atoms. The Morgan fingerprint density at radius 2 is 2.08 bits per heavy atom. The molecule has 1 N–H and O–H groups in total. The van der Waals surface area contributed by atoms with E-state index >= 15 is 0 Å². The number of amides is 1. The van der Waals surface area contributed by atoms with Crippen LogP contribution in [-0.2, 0) is 4.79 Å². The second kappa shape index (κ2) is 5.81. The quantitative estimate of drug-likeness (QED) is 0.673. The monoisotopic (exact) mass is 169 g/mol. The van der Waals surface area contributed by atoms with Crippen molar-refractivity contribution in [2.24, 2.45) is 5.92 Å². The lowest BCUT2D eigenvalue weighted by Gasteiger charge is -2.10. The van der Waals surface area contributed by atoms with Crippen LogP contribution in [0.1, 0.15) is 40.0 Å². The van der Waals surface area contributed by atoms with E-state index in [0.717, 1.165) is 25.0 Å². The minimum atomic E-state index is 0.0935. The summed E-state index contributed by atoms with van der Waals surface area (Å²) in [5.41, 5.74) is 0.836. The smallest absolute Gasteiger partial charge is 0.226 e. The Kier molecular flexibility index (Phi) is 5.43. The lowest BCUT2D eigenvalue weighted by molar-refractivity contribution is -0.123. The van der Waals surface area contributed by atoms with Crippen LogP contribution in [0.4, 0.5) is 0 Å². The van der Waals surface area contributed by atoms with Crippen molar-refractivity contribution >= 4 is 5.91 Å². The van der Waals surface area contributed by atoms with Gasteiger partial charge in [-0.1, -0.05) is 33.8 Å². The summed E-state index contributed by atoms with van der Waals surface area (Å²) in [7, 11) is 0. The molecule has 0 aromatic rings. The molecule has 1 atom stereocenters. The van der Waals surface area contributed by atoms with Crippen LogP contribution >= 0.6 is 0 Å². The van der Waals surface area contributed by atoms with Gasteiger partial charge in [-0.15, -0.1) is 0 Å². The summed E-state index contributed by atoms with van der Waals surface area (Å²) in [6.45, 7) is 9.77. The zero-order valence-corrected chi connectivity index (χ0v) is 8.31. The molecule has 0 aliphatic rings. The molecule has 0 heterocycles. The molecule has 1 amide bonds. The maximum Gasteiger partial charge on any atom is 0.226 e. The van der Waals surface area contributed by atoms with Gasteiger partial charge < -0.3 is 5.32 Å². The predicted octanol–water partition coefficient (Wildman–Crippen LogP) is 2.46. The van der Waals surface area contributed by atoms with Crippen molar-refractivity contribution in [2.75, 3.05) is 0 Å². The maximum absolute atomic E-state index is 11.3. The van der Waals surface area contributed by atoms with E-state index in [0.29, 0.717) is 0 Å². The molecule has 0 fully saturated rings. The number of allylic oxidation sites excluding steroid dienone is 1. The molecule has 0 aromatic heterocycles. The second-order valence-electron chi connectivity index (χ2n) is 3.15. The Labute approximate surface area is 75.0 Å². The van der Waals surface area contributed by atoms with E-state index in [1.807, 2.05) is 13.8 Å². The molecular formula is C10H19NO. The Morgan fingerprint density at radius 3 is 2.50 bits per heavy atom. The van der Waals surface area contributed by atoms with E-state index in [2.05, 4.69) is 18.8 Å². The van der Waals surface area contributed by atoms with Gasteiger partial charge in [0.2, 0.25) is 5.91 Å². The van der Waals surface area contributed by atoms with Crippen LogP contribution < -0.4 is 5.32 Å². The number of rotatable bonds is 5. The molecule has 0 aromatic carbocycles. The fourth-order valence-electron chi connectivity index (χ4n) is 0.847. The largest absolute Gasteiger partial charge is 0.330 e. The third-order valence-corrected chi connectivity index (χ3v) is 1.91. The first kappa shape index (κ1) is 11.2. The van der Waals surface area contributed by atoms with Gasteiger partial charge >= 0.3 is 0 Å². The predicted molar refractivity (Wildman–Crippen MR) is 51.6 cm³/mol. The van der Waals surface area contributed by atoms with Crippen LogP contribution in [0.2, 0.25) is 0 Å². The molecule has 0 radical (unpaired) electrons. The zero-order chi connectivity index (χ0) is 9.56. The molecule has 0 saturated heterocycles. The molecule has 2 heteroatoms. The number of carbonyl (C=O) groups is 1. The van der Waals surface area contributed by atoms with Crippen molar-refractivity contribution in [3.63, 3.8) is 0 Å². The molecule has 2 nitrogen and oxygen atoms in total. The average Bonchev–Trinajstić information content (AvgIpc) is 2.03. The Hall–Kier alpha value is -0.790. The Balaban J connectivity index is 3.76. The summed E-state index contributed by atoms with van der Waals surface area (Å²) in [6.07, 6.45) is 2.78. The van der Waals surface area contributed by atoms with Crippen LogP contribution in [0, 0.1) is 5.92 Å². The molecule has 12 heavy (non-hydrogen) atoms. The number of hydrogen-bond donors (Lipinski definition) is 1. The van der Waals surface area contributed by atoms with Gasteiger partial charge in [0, 0.05) is 11.6 Å². The van der Waals surface area contributed by atoms with Gasteiger partial charge in [0.15, 0.2) is 0 Å². The fraction of sp³-hybridized carbons (Fsp3) is 0.700. The summed E-state index contributed by atoms with van der Waals surface area (Å²) in [5.74, 6) is 0.189. The molecule has 0 saturated carbocycles. The zero-order valence-electron chi connectivity index (χ0n) is 8.31. The highest BCUT2D eigenvalue weighted by Crippen LogP contribution is 2.03. The summed E-state index contributed by atoms with van der Waals surface area (Å²) >= 11 is 0. The molecule has 0 aliphatic carbocycles. The summed E-state index contributed by atoms with van der Waals surface area (Å²) in [5, 5.41) is 2.80. The van der Waals surface area contributed by atoms with Gasteiger partial charge in [-0.3, -0.25) is 4.79 Å². The molecule has 1 unspecified atom stereocenters. The summed E-state index contributed by atoms with van der Waals surface area (Å²) in [6, 6.07) is 0. The van der Waals surface area contributed by atoms with Gasteiger partial charge in [0.1, 0.15) is 0 Å². The van der Waals surface area contributed by atoms with Crippen LogP contribution in [0.15, 0.2) is 12.3 Å². The molecular weight excluding hydrogens is 150 g/mol. The topological polar surface area (TPSA) is 29.1 Å². The lowest BCUT2D eigenvalue weighted by atomic mass is 10.1. The third-order valence-electron chi connectivity index (χ3n) is 1.91. The number of carbonyl (C=O) groups excluding carboxylic acids is 1. The van der Waals surface area contributed by atoms with Crippen molar-refractivity contribution in [3.8, 4) is 0 Å². The first-order valence-corrected chi connectivity index (χ1v) is 4.60. The van der Waals surface area contributed by atoms with Crippen molar-refractivity contribution in [2.45, 2.75) is 40.0 Å². The highest BCUT2D eigenvalue weighted by Gasteiger charge is 2.09. The van der Waals surface area contributed by atoms with Gasteiger partial charge in [-0.25, -0.2) is 0 Å². The van der Waals surface area contributed by atoms with Crippen LogP contribution in [0.5, 0.6) is 0 Å². The molecule has 0 rings (SSSR count). The minimum Gasteiger partial charge on any atom is -0.330 e. The van der Waals surface area contributed by atoms with E-state index in [9.17, 15) is 4.79 Å². The van der Waals surface area contributed by atoms with Crippen LogP contribution in [0.3, 0.4) is 0 Å². The van der Waals surface area contributed by atoms with Crippen molar-refractivity contribution in [1.82, 2.24) is 5.32 Å². The maximum atomic E-state index is 11.3. The van der Waals surface area contributed by atoms with E-state index in [-0.39, 0.29) is 11.8 Å². The average molecular weight is 169 g/mol.